The van der Waals surface area contributed by atoms with E-state index in [0.717, 1.165) is 11.1 Å². The number of para-hydroxylation sites is 1. The van der Waals surface area contributed by atoms with E-state index in [9.17, 15) is 14.7 Å². The van der Waals surface area contributed by atoms with E-state index in [2.05, 4.69) is 5.32 Å². The molecule has 2 N–H and O–H groups in total. The summed E-state index contributed by atoms with van der Waals surface area (Å²) >= 11 is 1.26. The zero-order valence-corrected chi connectivity index (χ0v) is 13.1. The number of anilines is 1. The van der Waals surface area contributed by atoms with Crippen molar-refractivity contribution in [3.05, 3.63) is 54.6 Å². The molecule has 0 spiro atoms. The van der Waals surface area contributed by atoms with Gasteiger partial charge in [-0.05, 0) is 11.6 Å². The fraction of sp³-hybridized carbons (Fsp3) is 0.176. The summed E-state index contributed by atoms with van der Waals surface area (Å²) < 4.78 is 0. The van der Waals surface area contributed by atoms with E-state index in [1.165, 1.54) is 16.7 Å². The first-order valence-electron chi connectivity index (χ1n) is 7.23. The van der Waals surface area contributed by atoms with Gasteiger partial charge in [-0.3, -0.25) is 0 Å². The van der Waals surface area contributed by atoms with Gasteiger partial charge >= 0.3 is 12.0 Å². The van der Waals surface area contributed by atoms with Crippen molar-refractivity contribution in [2.75, 3.05) is 17.6 Å². The Balaban J connectivity index is 1.84. The molecule has 3 rings (SSSR count). The van der Waals surface area contributed by atoms with Gasteiger partial charge in [-0.25, -0.2) is 9.59 Å². The summed E-state index contributed by atoms with van der Waals surface area (Å²) in [5.74, 6) is -0.357. The van der Waals surface area contributed by atoms with Crippen molar-refractivity contribution in [3.63, 3.8) is 0 Å². The highest BCUT2D eigenvalue weighted by atomic mass is 32.2. The molecule has 1 aliphatic heterocycles. The van der Waals surface area contributed by atoms with Crippen LogP contribution in [0, 0.1) is 0 Å². The molecule has 118 valence electrons. The number of aliphatic carboxylic acids is 1. The number of rotatable bonds is 3. The fourth-order valence-electron chi connectivity index (χ4n) is 2.53. The van der Waals surface area contributed by atoms with Crippen LogP contribution in [-0.4, -0.2) is 39.7 Å². The maximum Gasteiger partial charge on any atom is 0.337 e. The quantitative estimate of drug-likeness (QED) is 0.906. The first kappa shape index (κ1) is 15.4. The first-order valence-corrected chi connectivity index (χ1v) is 8.28. The molecule has 1 fully saturated rings. The molecule has 0 aromatic heterocycles. The van der Waals surface area contributed by atoms with Crippen molar-refractivity contribution < 1.29 is 14.7 Å². The third-order valence-corrected chi connectivity index (χ3v) is 4.81. The first-order chi connectivity index (χ1) is 11.2. The van der Waals surface area contributed by atoms with Crippen LogP contribution >= 0.6 is 11.8 Å². The number of hydrogen-bond acceptors (Lipinski definition) is 3. The highest BCUT2D eigenvalue weighted by Crippen LogP contribution is 2.29. The lowest BCUT2D eigenvalue weighted by atomic mass is 10.0. The minimum atomic E-state index is -0.987. The van der Waals surface area contributed by atoms with E-state index < -0.39 is 11.3 Å². The van der Waals surface area contributed by atoms with Gasteiger partial charge in [0.05, 0.1) is 5.69 Å². The van der Waals surface area contributed by atoms with Gasteiger partial charge in [0.25, 0.3) is 0 Å². The smallest absolute Gasteiger partial charge is 0.337 e. The van der Waals surface area contributed by atoms with Crippen molar-refractivity contribution in [2.45, 2.75) is 5.37 Å². The van der Waals surface area contributed by atoms with Crippen LogP contribution in [0.3, 0.4) is 0 Å². The van der Waals surface area contributed by atoms with E-state index in [0.29, 0.717) is 18.0 Å². The number of benzene rings is 2. The second kappa shape index (κ2) is 6.75. The Morgan fingerprint density at radius 3 is 2.52 bits per heavy atom. The Hall–Kier alpha value is -2.47. The highest BCUT2D eigenvalue weighted by molar-refractivity contribution is 8.00. The van der Waals surface area contributed by atoms with Gasteiger partial charge in [0.2, 0.25) is 0 Å². The fourth-order valence-corrected chi connectivity index (χ4v) is 3.58. The van der Waals surface area contributed by atoms with Gasteiger partial charge in [-0.1, -0.05) is 48.5 Å². The van der Waals surface area contributed by atoms with Gasteiger partial charge in [0.1, 0.15) is 0 Å². The van der Waals surface area contributed by atoms with Crippen LogP contribution in [0.15, 0.2) is 54.6 Å². The number of hydrogen-bond donors (Lipinski definition) is 2. The highest BCUT2D eigenvalue weighted by Gasteiger charge is 2.34. The van der Waals surface area contributed by atoms with Crippen molar-refractivity contribution in [3.8, 4) is 11.1 Å². The largest absolute Gasteiger partial charge is 0.479 e. The van der Waals surface area contributed by atoms with Crippen molar-refractivity contribution in [1.82, 2.24) is 4.90 Å². The van der Waals surface area contributed by atoms with Crippen molar-refractivity contribution in [2.24, 2.45) is 0 Å². The van der Waals surface area contributed by atoms with Gasteiger partial charge < -0.3 is 15.3 Å². The molecule has 0 radical (unpaired) electrons. The molecule has 5 nitrogen and oxygen atoms in total. The summed E-state index contributed by atoms with van der Waals surface area (Å²) in [5.41, 5.74) is 2.57. The van der Waals surface area contributed by atoms with Crippen molar-refractivity contribution >= 4 is 29.4 Å². The average Bonchev–Trinajstić information content (AvgIpc) is 3.06. The molecule has 2 aromatic carbocycles. The summed E-state index contributed by atoms with van der Waals surface area (Å²) in [6, 6.07) is 16.9. The number of nitrogens with zero attached hydrogens (tertiary/aromatic N) is 1. The standard InChI is InChI=1S/C17H16N2O3S/c20-16(21)15-19(10-11-23-15)17(22)18-14-9-5-4-8-13(14)12-6-2-1-3-7-12/h1-9,15H,10-11H2,(H,18,22)(H,20,21). The second-order valence-electron chi connectivity index (χ2n) is 5.10. The van der Waals surface area contributed by atoms with Gasteiger partial charge in [0.15, 0.2) is 5.37 Å². The molecule has 1 heterocycles. The van der Waals surface area contributed by atoms with Gasteiger partial charge in [-0.15, -0.1) is 11.8 Å². The van der Waals surface area contributed by atoms with Crippen LogP contribution < -0.4 is 5.32 Å². The molecule has 1 saturated heterocycles. The predicted molar refractivity (Wildman–Crippen MR) is 91.5 cm³/mol. The number of carbonyl (C=O) groups excluding carboxylic acids is 1. The molecule has 0 bridgehead atoms. The Morgan fingerprint density at radius 2 is 1.78 bits per heavy atom. The van der Waals surface area contributed by atoms with Crippen LogP contribution in [0.2, 0.25) is 0 Å². The summed E-state index contributed by atoms with van der Waals surface area (Å²) in [4.78, 5) is 25.0. The number of carboxylic acid groups (broad SMARTS) is 1. The molecule has 6 heteroatoms. The van der Waals surface area contributed by atoms with Gasteiger partial charge in [0, 0.05) is 17.9 Å². The second-order valence-corrected chi connectivity index (χ2v) is 6.28. The lowest BCUT2D eigenvalue weighted by molar-refractivity contribution is -0.138. The molecule has 2 aromatic rings. The predicted octanol–water partition coefficient (Wildman–Crippen LogP) is 3.35. The summed E-state index contributed by atoms with van der Waals surface area (Å²) in [6.07, 6.45) is 0. The number of thioether (sulfide) groups is 1. The lowest BCUT2D eigenvalue weighted by Crippen LogP contribution is -2.42. The molecule has 1 unspecified atom stereocenters. The number of carboxylic acids is 1. The van der Waals surface area contributed by atoms with E-state index >= 15 is 0 Å². The van der Waals surface area contributed by atoms with Crippen LogP contribution in [0.25, 0.3) is 11.1 Å². The summed E-state index contributed by atoms with van der Waals surface area (Å²) in [5, 5.41) is 11.2. The van der Waals surface area contributed by atoms with E-state index in [4.69, 9.17) is 0 Å². The molecular weight excluding hydrogens is 312 g/mol. The third kappa shape index (κ3) is 3.32. The minimum absolute atomic E-state index is 0.384. The molecule has 2 amide bonds. The summed E-state index contributed by atoms with van der Waals surface area (Å²) in [7, 11) is 0. The normalized spacial score (nSPS) is 17.0. The molecule has 0 aliphatic carbocycles. The van der Waals surface area contributed by atoms with Crippen molar-refractivity contribution in [1.29, 1.82) is 0 Å². The maximum absolute atomic E-state index is 12.5. The zero-order chi connectivity index (χ0) is 16.2. The maximum atomic E-state index is 12.5. The SMILES string of the molecule is O=C(O)C1SCCN1C(=O)Nc1ccccc1-c1ccccc1. The molecule has 1 atom stereocenters. The third-order valence-electron chi connectivity index (χ3n) is 3.62. The Bertz CT molecular complexity index is 721. The molecule has 1 aliphatic rings. The topological polar surface area (TPSA) is 69.6 Å². The van der Waals surface area contributed by atoms with Crippen LogP contribution in [-0.2, 0) is 4.79 Å². The Morgan fingerprint density at radius 1 is 1.09 bits per heavy atom. The minimum Gasteiger partial charge on any atom is -0.479 e. The Kier molecular flexibility index (Phi) is 4.52. The molecule has 0 saturated carbocycles. The zero-order valence-electron chi connectivity index (χ0n) is 12.3. The van der Waals surface area contributed by atoms with Crippen LogP contribution in [0.4, 0.5) is 10.5 Å². The summed E-state index contributed by atoms with van der Waals surface area (Å²) in [6.45, 7) is 0.432. The van der Waals surface area contributed by atoms with Gasteiger partial charge in [-0.2, -0.15) is 0 Å². The molecular formula is C17H16N2O3S. The number of carbonyl (C=O) groups is 2. The van der Waals surface area contributed by atoms with E-state index in [-0.39, 0.29) is 6.03 Å². The molecule has 23 heavy (non-hydrogen) atoms. The Labute approximate surface area is 138 Å². The number of nitrogens with one attached hydrogen (secondary N) is 1. The number of amides is 2. The van der Waals surface area contributed by atoms with Crippen LogP contribution in [0.1, 0.15) is 0 Å². The van der Waals surface area contributed by atoms with E-state index in [1.54, 1.807) is 0 Å². The monoisotopic (exact) mass is 328 g/mol. The lowest BCUT2D eigenvalue weighted by Gasteiger charge is -2.22. The number of urea groups is 1. The average molecular weight is 328 g/mol. The van der Waals surface area contributed by atoms with Crippen LogP contribution in [0.5, 0.6) is 0 Å². The van der Waals surface area contributed by atoms with E-state index in [1.807, 2.05) is 54.6 Å².